The van der Waals surface area contributed by atoms with Crippen LogP contribution in [0.15, 0.2) is 0 Å². The Balaban J connectivity index is 3.60. The van der Waals surface area contributed by atoms with Gasteiger partial charge < -0.3 is 10.2 Å². The summed E-state index contributed by atoms with van der Waals surface area (Å²) >= 11 is 0. The summed E-state index contributed by atoms with van der Waals surface area (Å²) in [7, 11) is 5.11. The summed E-state index contributed by atoms with van der Waals surface area (Å²) in [6.45, 7) is 2.60. The van der Waals surface area contributed by atoms with Gasteiger partial charge in [-0.25, -0.2) is 0 Å². The van der Waals surface area contributed by atoms with Gasteiger partial charge in [-0.2, -0.15) is 10.5 Å². The van der Waals surface area contributed by atoms with Gasteiger partial charge in [0.25, 0.3) is 0 Å². The number of hydrogen-bond donors (Lipinski definition) is 2. The van der Waals surface area contributed by atoms with Crippen LogP contribution >= 0.6 is 18.8 Å². The maximum atomic E-state index is 9.47. The summed E-state index contributed by atoms with van der Waals surface area (Å²) in [6.07, 6.45) is 1.03. The third-order valence-electron chi connectivity index (χ3n) is 2.68. The van der Waals surface area contributed by atoms with Crippen molar-refractivity contribution < 1.29 is 10.2 Å². The van der Waals surface area contributed by atoms with Crippen LogP contribution in [0.4, 0.5) is 0 Å². The highest BCUT2D eigenvalue weighted by Crippen LogP contribution is 2.08. The molecule has 2 unspecified atom stereocenters. The first-order valence-corrected chi connectivity index (χ1v) is 7.62. The summed E-state index contributed by atoms with van der Waals surface area (Å²) in [5.74, 6) is 0. The van der Waals surface area contributed by atoms with Gasteiger partial charge in [0.15, 0.2) is 0 Å². The lowest BCUT2D eigenvalue weighted by molar-refractivity contribution is 0.149. The van der Waals surface area contributed by atoms with Gasteiger partial charge in [-0.1, -0.05) is 18.8 Å². The third kappa shape index (κ3) is 11.5. The van der Waals surface area contributed by atoms with E-state index >= 15 is 0 Å². The van der Waals surface area contributed by atoms with Crippen LogP contribution in [0.25, 0.3) is 0 Å². The summed E-state index contributed by atoms with van der Waals surface area (Å²) in [4.78, 5) is 0. The van der Waals surface area contributed by atoms with E-state index in [1.54, 1.807) is 0 Å². The van der Waals surface area contributed by atoms with Gasteiger partial charge in [-0.3, -0.25) is 9.34 Å². The van der Waals surface area contributed by atoms with Gasteiger partial charge in [-0.05, 0) is 12.8 Å². The van der Waals surface area contributed by atoms with Crippen LogP contribution in [0.1, 0.15) is 25.7 Å². The quantitative estimate of drug-likeness (QED) is 0.425. The first kappa shape index (κ1) is 19.7. The average Bonchev–Trinajstić information content (AvgIpc) is 2.35. The topological polar surface area (TPSA) is 94.5 Å². The maximum Gasteiger partial charge on any atom is 0.0799 e. The van der Waals surface area contributed by atoms with E-state index in [1.165, 1.54) is 0 Å². The minimum atomic E-state index is -0.600. The van der Waals surface area contributed by atoms with Crippen LogP contribution in [0.5, 0.6) is 0 Å². The second-order valence-electron chi connectivity index (χ2n) is 4.73. The first-order valence-electron chi connectivity index (χ1n) is 6.59. The van der Waals surface area contributed by atoms with Crippen LogP contribution in [0.2, 0.25) is 0 Å². The SMILES string of the molecule is N#CC[C@H](O)CN(P)CCCCN(P)C[C@@H](O)CC#N. The van der Waals surface area contributed by atoms with E-state index in [2.05, 4.69) is 18.8 Å². The summed E-state index contributed by atoms with van der Waals surface area (Å²) in [6, 6.07) is 3.88. The molecule has 0 radical (unpaired) electrons. The van der Waals surface area contributed by atoms with Crippen LogP contribution < -0.4 is 0 Å². The molecule has 0 saturated heterocycles. The molecule has 0 aliphatic heterocycles. The zero-order chi connectivity index (χ0) is 15.4. The molecule has 6 nitrogen and oxygen atoms in total. The number of hydrogen-bond acceptors (Lipinski definition) is 6. The molecular weight excluding hydrogens is 294 g/mol. The summed E-state index contributed by atoms with van der Waals surface area (Å²) in [5, 5.41) is 35.8. The Morgan fingerprint density at radius 1 is 0.850 bits per heavy atom. The van der Waals surface area contributed by atoms with Crippen LogP contribution in [-0.2, 0) is 0 Å². The largest absolute Gasteiger partial charge is 0.391 e. The Morgan fingerprint density at radius 2 is 1.20 bits per heavy atom. The van der Waals surface area contributed by atoms with Crippen molar-refractivity contribution >= 4 is 18.8 Å². The zero-order valence-electron chi connectivity index (χ0n) is 11.6. The Bertz CT molecular complexity index is 300. The molecule has 0 aliphatic carbocycles. The van der Waals surface area contributed by atoms with Gasteiger partial charge in [-0.15, -0.1) is 0 Å². The van der Waals surface area contributed by atoms with Crippen molar-refractivity contribution in [1.29, 1.82) is 10.5 Å². The minimum absolute atomic E-state index is 0.154. The highest BCUT2D eigenvalue weighted by atomic mass is 31.0. The molecule has 0 aliphatic rings. The first-order chi connectivity index (χ1) is 9.49. The fraction of sp³-hybridized carbons (Fsp3) is 0.833. The third-order valence-corrected chi connectivity index (χ3v) is 3.62. The number of unbranched alkanes of at least 4 members (excludes halogenated alkanes) is 1. The fourth-order valence-electron chi connectivity index (χ4n) is 1.69. The predicted octanol–water partition coefficient (Wildman–Crippen LogP) is 0.500. The second kappa shape index (κ2) is 12.4. The Labute approximate surface area is 125 Å². The van der Waals surface area contributed by atoms with E-state index < -0.39 is 12.2 Å². The second-order valence-corrected chi connectivity index (χ2v) is 6.19. The van der Waals surface area contributed by atoms with Gasteiger partial charge in [0, 0.05) is 26.2 Å². The molecule has 0 aromatic carbocycles. The number of nitrogens with zero attached hydrogens (tertiary/aromatic N) is 4. The van der Waals surface area contributed by atoms with Crippen molar-refractivity contribution in [1.82, 2.24) is 9.34 Å². The van der Waals surface area contributed by atoms with Crippen molar-refractivity contribution in [2.45, 2.75) is 37.9 Å². The van der Waals surface area contributed by atoms with E-state index in [0.717, 1.165) is 25.9 Å². The maximum absolute atomic E-state index is 9.47. The Hall–Kier alpha value is -0.320. The van der Waals surface area contributed by atoms with E-state index in [9.17, 15) is 10.2 Å². The summed E-state index contributed by atoms with van der Waals surface area (Å²) in [5.41, 5.74) is 0. The number of aliphatic hydroxyl groups excluding tert-OH is 2. The van der Waals surface area contributed by atoms with E-state index in [1.807, 2.05) is 21.5 Å². The van der Waals surface area contributed by atoms with Crippen LogP contribution in [0.3, 0.4) is 0 Å². The molecule has 20 heavy (non-hydrogen) atoms. The lowest BCUT2D eigenvalue weighted by atomic mass is 10.2. The average molecular weight is 318 g/mol. The summed E-state index contributed by atoms with van der Waals surface area (Å²) < 4.78 is 3.86. The van der Waals surface area contributed by atoms with Crippen molar-refractivity contribution in [2.24, 2.45) is 0 Å². The van der Waals surface area contributed by atoms with Crippen molar-refractivity contribution in [3.05, 3.63) is 0 Å². The van der Waals surface area contributed by atoms with Crippen molar-refractivity contribution in [2.75, 3.05) is 26.2 Å². The van der Waals surface area contributed by atoms with E-state index in [4.69, 9.17) is 10.5 Å². The van der Waals surface area contributed by atoms with E-state index in [0.29, 0.717) is 13.1 Å². The van der Waals surface area contributed by atoms with Gasteiger partial charge in [0.05, 0.1) is 37.2 Å². The highest BCUT2D eigenvalue weighted by molar-refractivity contribution is 7.13. The zero-order valence-corrected chi connectivity index (χ0v) is 14.0. The predicted molar refractivity (Wildman–Crippen MR) is 84.3 cm³/mol. The molecule has 0 spiro atoms. The number of nitriles is 2. The smallest absolute Gasteiger partial charge is 0.0799 e. The molecule has 0 aromatic heterocycles. The van der Waals surface area contributed by atoms with Crippen molar-refractivity contribution in [3.8, 4) is 12.1 Å². The Kier molecular flexibility index (Phi) is 12.2. The Morgan fingerprint density at radius 3 is 1.50 bits per heavy atom. The lowest BCUT2D eigenvalue weighted by Crippen LogP contribution is -2.27. The van der Waals surface area contributed by atoms with Crippen LogP contribution in [0, 0.1) is 22.7 Å². The molecule has 0 rings (SSSR count). The number of rotatable bonds is 11. The molecule has 0 fully saturated rings. The molecule has 2 N–H and O–H groups in total. The minimum Gasteiger partial charge on any atom is -0.391 e. The highest BCUT2D eigenvalue weighted by Gasteiger charge is 2.09. The molecule has 0 amide bonds. The van der Waals surface area contributed by atoms with E-state index in [-0.39, 0.29) is 12.8 Å². The van der Waals surface area contributed by atoms with Gasteiger partial charge in [0.1, 0.15) is 0 Å². The standard InChI is InChI=1S/C12H24N4O2P2/c13-5-3-11(17)9-15(19)7-1-2-8-16(20)10-12(18)4-6-14/h11-12,17-18H,1-4,7-10,19-20H2/t11-,12-/m0/s1. The molecule has 114 valence electrons. The fourth-order valence-corrected chi connectivity index (χ4v) is 2.55. The molecule has 0 saturated carbocycles. The lowest BCUT2D eigenvalue weighted by Gasteiger charge is -2.21. The van der Waals surface area contributed by atoms with Crippen molar-refractivity contribution in [3.63, 3.8) is 0 Å². The molecule has 0 heterocycles. The normalized spacial score (nSPS) is 14.0. The molecule has 8 heteroatoms. The van der Waals surface area contributed by atoms with Gasteiger partial charge in [0.2, 0.25) is 0 Å². The number of aliphatic hydroxyl groups is 2. The monoisotopic (exact) mass is 318 g/mol. The molecule has 0 aromatic rings. The molecule has 4 atom stereocenters. The molecule has 0 bridgehead atoms. The van der Waals surface area contributed by atoms with Crippen LogP contribution in [-0.4, -0.2) is 57.9 Å². The molecular formula is C12H24N4O2P2. The van der Waals surface area contributed by atoms with Gasteiger partial charge >= 0.3 is 0 Å².